The van der Waals surface area contributed by atoms with Gasteiger partial charge < -0.3 is 20.2 Å². The van der Waals surface area contributed by atoms with Crippen molar-refractivity contribution in [1.82, 2.24) is 9.58 Å². The molecular weight excluding hydrogens is 432 g/mol. The molecule has 2 aromatic carbocycles. The molecular formula is C24H21F2N3O4. The summed E-state index contributed by atoms with van der Waals surface area (Å²) in [6.07, 6.45) is 5.11. The first-order valence-corrected chi connectivity index (χ1v) is 10.2. The van der Waals surface area contributed by atoms with E-state index in [-0.39, 0.29) is 31.3 Å². The molecule has 0 unspecified atom stereocenters. The van der Waals surface area contributed by atoms with Gasteiger partial charge in [-0.25, -0.2) is 8.78 Å². The van der Waals surface area contributed by atoms with Crippen LogP contribution in [-0.4, -0.2) is 40.4 Å². The second-order valence-electron chi connectivity index (χ2n) is 7.43. The van der Waals surface area contributed by atoms with Gasteiger partial charge in [-0.1, -0.05) is 18.2 Å². The number of pyridine rings is 1. The van der Waals surface area contributed by atoms with Crippen molar-refractivity contribution >= 4 is 5.91 Å². The van der Waals surface area contributed by atoms with Crippen molar-refractivity contribution in [1.29, 1.82) is 0 Å². The number of aromatic nitrogens is 1. The van der Waals surface area contributed by atoms with Gasteiger partial charge in [0.15, 0.2) is 11.4 Å². The van der Waals surface area contributed by atoms with Crippen molar-refractivity contribution in [2.24, 2.45) is 0 Å². The zero-order valence-electron chi connectivity index (χ0n) is 17.5. The van der Waals surface area contributed by atoms with Crippen molar-refractivity contribution in [3.8, 4) is 11.5 Å². The van der Waals surface area contributed by atoms with Crippen LogP contribution in [0.1, 0.15) is 21.6 Å². The molecule has 1 aliphatic rings. The second-order valence-corrected chi connectivity index (χ2v) is 7.43. The first kappa shape index (κ1) is 22.1. The highest BCUT2D eigenvalue weighted by Gasteiger charge is 2.27. The fraction of sp³-hybridized carbons (Fsp3) is 0.167. The quantitative estimate of drug-likeness (QED) is 0.538. The molecule has 0 radical (unpaired) electrons. The molecule has 33 heavy (non-hydrogen) atoms. The Morgan fingerprint density at radius 3 is 2.70 bits per heavy atom. The molecule has 0 aliphatic carbocycles. The SMILES string of the molecule is O=C1c2c(O)c(=O)ccn2NCN1C/C=C\COc1ccc(F)cc1Cc1cccc(F)c1. The highest BCUT2D eigenvalue weighted by atomic mass is 19.1. The number of amides is 1. The number of fused-ring (bicyclic) bond motifs is 1. The van der Waals surface area contributed by atoms with E-state index in [4.69, 9.17) is 4.74 Å². The van der Waals surface area contributed by atoms with Crippen molar-refractivity contribution in [2.75, 3.05) is 25.2 Å². The molecule has 0 bridgehead atoms. The van der Waals surface area contributed by atoms with Crippen molar-refractivity contribution in [3.63, 3.8) is 0 Å². The van der Waals surface area contributed by atoms with Crippen molar-refractivity contribution in [2.45, 2.75) is 6.42 Å². The van der Waals surface area contributed by atoms with Crippen LogP contribution in [0.3, 0.4) is 0 Å². The third-order valence-corrected chi connectivity index (χ3v) is 5.13. The Balaban J connectivity index is 1.37. The van der Waals surface area contributed by atoms with Crippen LogP contribution < -0.4 is 15.6 Å². The lowest BCUT2D eigenvalue weighted by molar-refractivity contribution is 0.0741. The lowest BCUT2D eigenvalue weighted by atomic mass is 10.0. The van der Waals surface area contributed by atoms with Crippen LogP contribution in [0.2, 0.25) is 0 Å². The molecule has 1 aliphatic heterocycles. The largest absolute Gasteiger partial charge is 0.502 e. The molecule has 7 nitrogen and oxygen atoms in total. The van der Waals surface area contributed by atoms with E-state index in [2.05, 4.69) is 5.43 Å². The molecule has 1 aromatic heterocycles. The van der Waals surface area contributed by atoms with E-state index in [0.29, 0.717) is 23.3 Å². The highest BCUT2D eigenvalue weighted by Crippen LogP contribution is 2.23. The Kier molecular flexibility index (Phi) is 6.39. The molecule has 2 heterocycles. The van der Waals surface area contributed by atoms with Gasteiger partial charge in [-0.3, -0.25) is 14.3 Å². The Labute approximate surface area is 188 Å². The van der Waals surface area contributed by atoms with E-state index in [0.717, 1.165) is 0 Å². The molecule has 9 heteroatoms. The van der Waals surface area contributed by atoms with E-state index in [9.17, 15) is 23.5 Å². The molecule has 0 saturated heterocycles. The summed E-state index contributed by atoms with van der Waals surface area (Å²) >= 11 is 0. The van der Waals surface area contributed by atoms with Crippen LogP contribution in [-0.2, 0) is 6.42 Å². The number of carbonyl (C=O) groups is 1. The minimum atomic E-state index is -0.629. The van der Waals surface area contributed by atoms with Crippen molar-refractivity contribution in [3.05, 3.63) is 106 Å². The highest BCUT2D eigenvalue weighted by molar-refractivity contribution is 5.96. The maximum atomic E-state index is 13.7. The molecule has 2 N–H and O–H groups in total. The Morgan fingerprint density at radius 1 is 1.06 bits per heavy atom. The summed E-state index contributed by atoms with van der Waals surface area (Å²) in [5.74, 6) is -1.39. The number of aromatic hydroxyl groups is 1. The number of nitrogens with zero attached hydrogens (tertiary/aromatic N) is 2. The number of benzene rings is 2. The average Bonchev–Trinajstić information content (AvgIpc) is 2.78. The van der Waals surface area contributed by atoms with E-state index in [1.807, 2.05) is 0 Å². The zero-order valence-corrected chi connectivity index (χ0v) is 17.5. The minimum Gasteiger partial charge on any atom is -0.502 e. The van der Waals surface area contributed by atoms with Gasteiger partial charge in [-0.05, 0) is 42.0 Å². The number of rotatable bonds is 7. The third-order valence-electron chi connectivity index (χ3n) is 5.13. The molecule has 0 fully saturated rings. The van der Waals surface area contributed by atoms with Crippen LogP contribution in [0.25, 0.3) is 0 Å². The van der Waals surface area contributed by atoms with Gasteiger partial charge in [0.2, 0.25) is 5.43 Å². The van der Waals surface area contributed by atoms with Crippen LogP contribution in [0.5, 0.6) is 11.5 Å². The smallest absolute Gasteiger partial charge is 0.278 e. The lowest BCUT2D eigenvalue weighted by Gasteiger charge is -2.30. The first-order valence-electron chi connectivity index (χ1n) is 10.2. The number of ether oxygens (including phenoxy) is 1. The summed E-state index contributed by atoms with van der Waals surface area (Å²) in [5.41, 5.74) is 3.44. The Bertz CT molecular complexity index is 1270. The summed E-state index contributed by atoms with van der Waals surface area (Å²) < 4.78 is 34.3. The number of carbonyl (C=O) groups excluding carboxylic acids is 1. The topological polar surface area (TPSA) is 83.8 Å². The van der Waals surface area contributed by atoms with Crippen molar-refractivity contribution < 1.29 is 23.4 Å². The van der Waals surface area contributed by atoms with Crippen LogP contribution in [0.15, 0.2) is 71.7 Å². The van der Waals surface area contributed by atoms with E-state index >= 15 is 0 Å². The minimum absolute atomic E-state index is 0.119. The van der Waals surface area contributed by atoms with Gasteiger partial charge in [0, 0.05) is 30.8 Å². The fourth-order valence-corrected chi connectivity index (χ4v) is 3.49. The summed E-state index contributed by atoms with van der Waals surface area (Å²) in [4.78, 5) is 25.6. The number of nitrogens with one attached hydrogen (secondary N) is 1. The summed E-state index contributed by atoms with van der Waals surface area (Å²) in [6, 6.07) is 11.4. The van der Waals surface area contributed by atoms with Gasteiger partial charge in [0.05, 0.1) is 0 Å². The molecule has 4 rings (SSSR count). The summed E-state index contributed by atoms with van der Waals surface area (Å²) in [6.45, 7) is 0.574. The van der Waals surface area contributed by atoms with E-state index < -0.39 is 22.9 Å². The normalized spacial score (nSPS) is 13.2. The van der Waals surface area contributed by atoms with Gasteiger partial charge in [-0.15, -0.1) is 0 Å². The number of halogens is 2. The zero-order chi connectivity index (χ0) is 23.4. The van der Waals surface area contributed by atoms with Gasteiger partial charge in [0.25, 0.3) is 5.91 Å². The molecule has 0 saturated carbocycles. The Hall–Kier alpha value is -4.14. The maximum absolute atomic E-state index is 13.7. The van der Waals surface area contributed by atoms with Crippen LogP contribution in [0.4, 0.5) is 8.78 Å². The van der Waals surface area contributed by atoms with Crippen LogP contribution in [0, 0.1) is 11.6 Å². The first-order chi connectivity index (χ1) is 15.9. The second kappa shape index (κ2) is 9.56. The van der Waals surface area contributed by atoms with Crippen LogP contribution >= 0.6 is 0 Å². The van der Waals surface area contributed by atoms with E-state index in [1.165, 1.54) is 52.2 Å². The average molecular weight is 453 g/mol. The molecule has 0 spiro atoms. The van der Waals surface area contributed by atoms with Gasteiger partial charge in [0.1, 0.15) is 30.7 Å². The monoisotopic (exact) mass is 453 g/mol. The predicted octanol–water partition coefficient (Wildman–Crippen LogP) is 3.01. The Morgan fingerprint density at radius 2 is 1.88 bits per heavy atom. The molecule has 1 amide bonds. The predicted molar refractivity (Wildman–Crippen MR) is 118 cm³/mol. The van der Waals surface area contributed by atoms with Gasteiger partial charge >= 0.3 is 0 Å². The molecule has 0 atom stereocenters. The number of hydrogen-bond donors (Lipinski definition) is 2. The van der Waals surface area contributed by atoms with E-state index in [1.54, 1.807) is 24.3 Å². The standard InChI is InChI=1S/C24H21F2N3O4/c25-18-5-3-4-16(13-18)12-17-14-19(26)6-7-21(17)33-11-2-1-9-28-15-27-29-10-8-20(30)23(31)22(29)24(28)32/h1-8,10,13-14,27,31H,9,11-12,15H2/b2-1-. The maximum Gasteiger partial charge on any atom is 0.278 e. The molecule has 170 valence electrons. The summed E-state index contributed by atoms with van der Waals surface area (Å²) in [7, 11) is 0. The third kappa shape index (κ3) is 5.03. The number of hydrogen-bond acceptors (Lipinski definition) is 5. The molecule has 3 aromatic rings. The fourth-order valence-electron chi connectivity index (χ4n) is 3.49. The summed E-state index contributed by atoms with van der Waals surface area (Å²) in [5, 5.41) is 9.93. The lowest BCUT2D eigenvalue weighted by Crippen LogP contribution is -2.46. The van der Waals surface area contributed by atoms with Gasteiger partial charge in [-0.2, -0.15) is 0 Å².